The van der Waals surface area contributed by atoms with Crippen molar-refractivity contribution >= 4 is 11.6 Å². The fourth-order valence-corrected chi connectivity index (χ4v) is 2.21. The second-order valence-corrected chi connectivity index (χ2v) is 6.78. The van der Waals surface area contributed by atoms with E-state index in [9.17, 15) is 9.59 Å². The molecular weight excluding hydrogens is 350 g/mol. The molecule has 1 rings (SSSR count). The van der Waals surface area contributed by atoms with Gasteiger partial charge in [-0.25, -0.2) is 0 Å². The Morgan fingerprint density at radius 1 is 1.00 bits per heavy atom. The molecule has 154 valence electrons. The van der Waals surface area contributed by atoms with Crippen LogP contribution in [-0.4, -0.2) is 59.6 Å². The van der Waals surface area contributed by atoms with Crippen LogP contribution in [0.5, 0.6) is 0 Å². The maximum Gasteiger partial charge on any atom is 0.135 e. The van der Waals surface area contributed by atoms with Gasteiger partial charge in [-0.1, -0.05) is 19.1 Å². The van der Waals surface area contributed by atoms with Gasteiger partial charge in [-0.2, -0.15) is 0 Å². The zero-order chi connectivity index (χ0) is 19.9. The van der Waals surface area contributed by atoms with E-state index < -0.39 is 0 Å². The van der Waals surface area contributed by atoms with E-state index in [-0.39, 0.29) is 11.7 Å². The lowest BCUT2D eigenvalue weighted by Crippen LogP contribution is -2.10. The average Bonchev–Trinajstić information content (AvgIpc) is 3.07. The van der Waals surface area contributed by atoms with Crippen molar-refractivity contribution in [2.75, 3.05) is 33.0 Å². The summed E-state index contributed by atoms with van der Waals surface area (Å²) in [6, 6.07) is 0. The summed E-state index contributed by atoms with van der Waals surface area (Å²) in [6.07, 6.45) is 4.72. The van der Waals surface area contributed by atoms with E-state index in [0.717, 1.165) is 25.1 Å². The maximum absolute atomic E-state index is 11.6. The van der Waals surface area contributed by atoms with Gasteiger partial charge in [0, 0.05) is 25.3 Å². The molecule has 0 radical (unpaired) electrons. The first-order chi connectivity index (χ1) is 13.0. The van der Waals surface area contributed by atoms with Crippen molar-refractivity contribution in [3.05, 3.63) is 11.9 Å². The van der Waals surface area contributed by atoms with Gasteiger partial charge in [0.15, 0.2) is 0 Å². The molecule has 1 heterocycles. The molecule has 0 aliphatic carbocycles. The lowest BCUT2D eigenvalue weighted by molar-refractivity contribution is -0.122. The van der Waals surface area contributed by atoms with Crippen molar-refractivity contribution in [2.45, 2.75) is 59.6 Å². The molecule has 1 aromatic heterocycles. The summed E-state index contributed by atoms with van der Waals surface area (Å²) in [4.78, 5) is 22.3. The molecule has 0 atom stereocenters. The minimum atomic E-state index is 0.114. The molecule has 0 bridgehead atoms. The molecule has 0 unspecified atom stereocenters. The van der Waals surface area contributed by atoms with E-state index in [1.54, 1.807) is 11.6 Å². The van der Waals surface area contributed by atoms with Crippen LogP contribution >= 0.6 is 0 Å². The zero-order valence-corrected chi connectivity index (χ0v) is 16.8. The number of hydrogen-bond donors (Lipinski definition) is 0. The van der Waals surface area contributed by atoms with Gasteiger partial charge in [-0.3, -0.25) is 14.3 Å². The number of ether oxygens (including phenoxy) is 3. The molecule has 0 saturated carbocycles. The van der Waals surface area contributed by atoms with Gasteiger partial charge in [-0.05, 0) is 19.8 Å². The fourth-order valence-electron chi connectivity index (χ4n) is 2.21. The van der Waals surface area contributed by atoms with Crippen molar-refractivity contribution in [3.63, 3.8) is 0 Å². The van der Waals surface area contributed by atoms with Crippen LogP contribution in [0.1, 0.15) is 52.1 Å². The summed E-state index contributed by atoms with van der Waals surface area (Å²) in [5, 5.41) is 8.14. The minimum Gasteiger partial charge on any atom is -0.379 e. The number of ketones is 2. The smallest absolute Gasteiger partial charge is 0.135 e. The third-order valence-electron chi connectivity index (χ3n) is 3.88. The van der Waals surface area contributed by atoms with Gasteiger partial charge in [0.25, 0.3) is 0 Å². The highest BCUT2D eigenvalue weighted by molar-refractivity contribution is 5.80. The van der Waals surface area contributed by atoms with Crippen molar-refractivity contribution in [3.8, 4) is 0 Å². The number of hydrogen-bond acceptors (Lipinski definition) is 7. The summed E-state index contributed by atoms with van der Waals surface area (Å²) in [5.41, 5.74) is 0.779. The fraction of sp³-hybridized carbons (Fsp3) is 0.789. The van der Waals surface area contributed by atoms with Crippen molar-refractivity contribution in [1.82, 2.24) is 15.0 Å². The van der Waals surface area contributed by atoms with E-state index in [1.807, 2.05) is 20.0 Å². The van der Waals surface area contributed by atoms with Crippen LogP contribution in [0.3, 0.4) is 0 Å². The van der Waals surface area contributed by atoms with Crippen LogP contribution in [0.2, 0.25) is 0 Å². The number of Topliss-reactive ketones (excluding diaryl/α,β-unsaturated/α-hetero) is 2. The second-order valence-electron chi connectivity index (χ2n) is 6.78. The van der Waals surface area contributed by atoms with E-state index in [1.165, 1.54) is 0 Å². The lowest BCUT2D eigenvalue weighted by atomic mass is 10.0. The predicted molar refractivity (Wildman–Crippen MR) is 100 cm³/mol. The van der Waals surface area contributed by atoms with Crippen LogP contribution in [0.15, 0.2) is 6.20 Å². The molecule has 0 aliphatic heterocycles. The van der Waals surface area contributed by atoms with Crippen molar-refractivity contribution in [2.24, 2.45) is 5.92 Å². The number of carbonyl (C=O) groups is 2. The summed E-state index contributed by atoms with van der Waals surface area (Å²) in [7, 11) is 0. The van der Waals surface area contributed by atoms with Crippen LogP contribution in [0.25, 0.3) is 0 Å². The van der Waals surface area contributed by atoms with Gasteiger partial charge >= 0.3 is 0 Å². The number of rotatable bonds is 17. The standard InChI is InChI=1S/C19H33N3O5/c1-16(2)19(24)6-4-5-8-22-14-18(20-21-22)15-27-13-12-26-11-10-25-9-7-17(3)23/h14,16H,4-13,15H2,1-3H3. The highest BCUT2D eigenvalue weighted by atomic mass is 16.5. The monoisotopic (exact) mass is 383 g/mol. The molecule has 27 heavy (non-hydrogen) atoms. The molecule has 0 spiro atoms. The van der Waals surface area contributed by atoms with Crippen LogP contribution < -0.4 is 0 Å². The summed E-state index contributed by atoms with van der Waals surface area (Å²) >= 11 is 0. The Labute approximate surface area is 161 Å². The molecule has 0 N–H and O–H groups in total. The first kappa shape index (κ1) is 23.4. The lowest BCUT2D eigenvalue weighted by Gasteiger charge is -2.05. The van der Waals surface area contributed by atoms with Crippen molar-refractivity contribution < 1.29 is 23.8 Å². The van der Waals surface area contributed by atoms with Gasteiger partial charge in [0.1, 0.15) is 17.3 Å². The molecule has 8 nitrogen and oxygen atoms in total. The minimum absolute atomic E-state index is 0.114. The van der Waals surface area contributed by atoms with Gasteiger partial charge in [0.05, 0.1) is 45.8 Å². The Kier molecular flexibility index (Phi) is 12.5. The number of carbonyl (C=O) groups excluding carboxylic acids is 2. The average molecular weight is 383 g/mol. The van der Waals surface area contributed by atoms with Crippen LogP contribution in [0.4, 0.5) is 0 Å². The molecular formula is C19H33N3O5. The van der Waals surface area contributed by atoms with Crippen LogP contribution in [0, 0.1) is 5.92 Å². The highest BCUT2D eigenvalue weighted by Crippen LogP contribution is 2.06. The van der Waals surface area contributed by atoms with Crippen molar-refractivity contribution in [1.29, 1.82) is 0 Å². The van der Waals surface area contributed by atoms with E-state index in [4.69, 9.17) is 14.2 Å². The second kappa shape index (κ2) is 14.4. The molecule has 0 fully saturated rings. The quantitative estimate of drug-likeness (QED) is 0.381. The summed E-state index contributed by atoms with van der Waals surface area (Å²) < 4.78 is 17.9. The first-order valence-corrected chi connectivity index (χ1v) is 9.63. The largest absolute Gasteiger partial charge is 0.379 e. The van der Waals surface area contributed by atoms with E-state index in [0.29, 0.717) is 58.3 Å². The van der Waals surface area contributed by atoms with Crippen LogP contribution in [-0.2, 0) is 37.0 Å². The number of unbranched alkanes of at least 4 members (excludes halogenated alkanes) is 1. The molecule has 0 aliphatic rings. The maximum atomic E-state index is 11.6. The van der Waals surface area contributed by atoms with Gasteiger partial charge in [0.2, 0.25) is 0 Å². The zero-order valence-electron chi connectivity index (χ0n) is 16.8. The first-order valence-electron chi connectivity index (χ1n) is 9.63. The summed E-state index contributed by atoms with van der Waals surface area (Å²) in [6.45, 7) is 8.91. The highest BCUT2D eigenvalue weighted by Gasteiger charge is 2.07. The third-order valence-corrected chi connectivity index (χ3v) is 3.88. The Hall–Kier alpha value is -1.64. The number of nitrogens with zero attached hydrogens (tertiary/aromatic N) is 3. The number of aryl methyl sites for hydroxylation is 1. The predicted octanol–water partition coefficient (Wildman–Crippen LogP) is 2.20. The van der Waals surface area contributed by atoms with Gasteiger partial charge in [-0.15, -0.1) is 5.10 Å². The Morgan fingerprint density at radius 3 is 2.33 bits per heavy atom. The third kappa shape index (κ3) is 12.4. The Balaban J connectivity index is 1.98. The molecule has 1 aromatic rings. The Morgan fingerprint density at radius 2 is 1.67 bits per heavy atom. The Bertz CT molecular complexity index is 545. The SMILES string of the molecule is CC(=O)CCOCCOCCOCc1cn(CCCCC(=O)C(C)C)nn1. The molecule has 0 saturated heterocycles. The summed E-state index contributed by atoms with van der Waals surface area (Å²) in [5.74, 6) is 0.554. The van der Waals surface area contributed by atoms with E-state index >= 15 is 0 Å². The van der Waals surface area contributed by atoms with E-state index in [2.05, 4.69) is 10.3 Å². The normalized spacial score (nSPS) is 11.3. The van der Waals surface area contributed by atoms with Gasteiger partial charge < -0.3 is 14.2 Å². The molecule has 0 amide bonds. The molecule has 8 heteroatoms. The number of aromatic nitrogens is 3. The topological polar surface area (TPSA) is 92.5 Å². The molecule has 0 aromatic carbocycles.